The van der Waals surface area contributed by atoms with Gasteiger partial charge in [0.2, 0.25) is 5.91 Å². The molecule has 1 aromatic carbocycles. The van der Waals surface area contributed by atoms with Crippen molar-refractivity contribution in [2.45, 2.75) is 30.3 Å². The highest BCUT2D eigenvalue weighted by Gasteiger charge is 2.21. The molecule has 1 amide bonds. The third-order valence-corrected chi connectivity index (χ3v) is 5.37. The van der Waals surface area contributed by atoms with Crippen LogP contribution in [0.25, 0.3) is 11.4 Å². The molecule has 0 aliphatic rings. The number of hydrogen-bond acceptors (Lipinski definition) is 5. The summed E-state index contributed by atoms with van der Waals surface area (Å²) in [5, 5.41) is 12.0. The molecule has 2 heterocycles. The van der Waals surface area contributed by atoms with Crippen LogP contribution in [0.5, 0.6) is 0 Å². The molecule has 0 aliphatic carbocycles. The van der Waals surface area contributed by atoms with Crippen molar-refractivity contribution in [2.24, 2.45) is 7.05 Å². The molecule has 26 heavy (non-hydrogen) atoms. The number of benzene rings is 1. The summed E-state index contributed by atoms with van der Waals surface area (Å²) < 4.78 is 1.90. The topological polar surface area (TPSA) is 72.7 Å². The van der Waals surface area contributed by atoms with Crippen molar-refractivity contribution in [1.82, 2.24) is 25.1 Å². The summed E-state index contributed by atoms with van der Waals surface area (Å²) in [6.45, 7) is 2.52. The predicted molar refractivity (Wildman–Crippen MR) is 102 cm³/mol. The number of rotatable bonds is 7. The maximum Gasteiger partial charge on any atom is 0.233 e. The van der Waals surface area contributed by atoms with E-state index in [0.717, 1.165) is 17.0 Å². The van der Waals surface area contributed by atoms with Crippen LogP contribution < -0.4 is 5.32 Å². The summed E-state index contributed by atoms with van der Waals surface area (Å²) in [7, 11) is 1.90. The lowest BCUT2D eigenvalue weighted by atomic mass is 10.2. The van der Waals surface area contributed by atoms with Gasteiger partial charge in [-0.25, -0.2) is 0 Å². The molecular weight excluding hydrogens is 346 g/mol. The highest BCUT2D eigenvalue weighted by atomic mass is 32.2. The molecule has 0 bridgehead atoms. The van der Waals surface area contributed by atoms with Crippen LogP contribution in [0.4, 0.5) is 0 Å². The third kappa shape index (κ3) is 4.29. The van der Waals surface area contributed by atoms with E-state index < -0.39 is 0 Å². The second-order valence-corrected chi connectivity index (χ2v) is 6.99. The fraction of sp³-hybridized carbons (Fsp3) is 0.263. The van der Waals surface area contributed by atoms with E-state index in [9.17, 15) is 4.79 Å². The zero-order valence-electron chi connectivity index (χ0n) is 14.8. The number of nitrogens with zero attached hydrogens (tertiary/aromatic N) is 4. The Kier molecular flexibility index (Phi) is 6.01. The molecule has 0 fully saturated rings. The van der Waals surface area contributed by atoms with Crippen LogP contribution in [0.15, 0.2) is 60.0 Å². The summed E-state index contributed by atoms with van der Waals surface area (Å²) in [6, 6.07) is 13.7. The Bertz CT molecular complexity index is 851. The summed E-state index contributed by atoms with van der Waals surface area (Å²) in [5.74, 6) is 0.743. The maximum atomic E-state index is 12.5. The maximum absolute atomic E-state index is 12.5. The van der Waals surface area contributed by atoms with Gasteiger partial charge in [-0.15, -0.1) is 10.2 Å². The van der Waals surface area contributed by atoms with E-state index in [2.05, 4.69) is 20.5 Å². The first-order valence-corrected chi connectivity index (χ1v) is 9.35. The van der Waals surface area contributed by atoms with E-state index in [1.165, 1.54) is 11.8 Å². The highest BCUT2D eigenvalue weighted by molar-refractivity contribution is 8.00. The SMILES string of the molecule is CCC(Sc1nnc(-c2cccnc2)n1C)C(=O)NCc1ccccc1. The average molecular weight is 367 g/mol. The van der Waals surface area contributed by atoms with Crippen molar-refractivity contribution in [3.05, 3.63) is 60.4 Å². The number of nitrogens with one attached hydrogen (secondary N) is 1. The number of aromatic nitrogens is 4. The Morgan fingerprint density at radius 2 is 2.00 bits per heavy atom. The molecule has 7 heteroatoms. The second kappa shape index (κ2) is 8.62. The summed E-state index contributed by atoms with van der Waals surface area (Å²) in [4.78, 5) is 16.7. The third-order valence-electron chi connectivity index (χ3n) is 3.98. The number of hydrogen-bond donors (Lipinski definition) is 1. The molecule has 3 rings (SSSR count). The van der Waals surface area contributed by atoms with Gasteiger partial charge in [0.15, 0.2) is 11.0 Å². The molecule has 1 atom stereocenters. The number of amides is 1. The van der Waals surface area contributed by atoms with E-state index in [1.54, 1.807) is 12.4 Å². The molecule has 134 valence electrons. The number of pyridine rings is 1. The molecule has 1 N–H and O–H groups in total. The van der Waals surface area contributed by atoms with Gasteiger partial charge < -0.3 is 9.88 Å². The molecule has 2 aromatic heterocycles. The van der Waals surface area contributed by atoms with Crippen LogP contribution in [-0.2, 0) is 18.4 Å². The van der Waals surface area contributed by atoms with Crippen LogP contribution in [-0.4, -0.2) is 30.9 Å². The van der Waals surface area contributed by atoms with Crippen LogP contribution >= 0.6 is 11.8 Å². The van der Waals surface area contributed by atoms with E-state index in [1.807, 2.05) is 61.0 Å². The first-order valence-electron chi connectivity index (χ1n) is 8.47. The minimum Gasteiger partial charge on any atom is -0.351 e. The van der Waals surface area contributed by atoms with E-state index in [4.69, 9.17) is 0 Å². The number of carbonyl (C=O) groups excluding carboxylic acids is 1. The molecule has 0 saturated heterocycles. The van der Waals surface area contributed by atoms with Gasteiger partial charge in [-0.2, -0.15) is 0 Å². The first kappa shape index (κ1) is 18.1. The Morgan fingerprint density at radius 1 is 1.19 bits per heavy atom. The Morgan fingerprint density at radius 3 is 2.69 bits per heavy atom. The molecule has 6 nitrogen and oxygen atoms in total. The lowest BCUT2D eigenvalue weighted by Gasteiger charge is -2.14. The molecule has 1 unspecified atom stereocenters. The van der Waals surface area contributed by atoms with Crippen molar-refractivity contribution in [1.29, 1.82) is 0 Å². The summed E-state index contributed by atoms with van der Waals surface area (Å²) in [6.07, 6.45) is 4.18. The van der Waals surface area contributed by atoms with Gasteiger partial charge >= 0.3 is 0 Å². The Balaban J connectivity index is 1.66. The standard InChI is InChI=1S/C19H21N5OS/c1-3-16(18(25)21-12-14-8-5-4-6-9-14)26-19-23-22-17(24(19)2)15-10-7-11-20-13-15/h4-11,13,16H,3,12H2,1-2H3,(H,21,25). The summed E-state index contributed by atoms with van der Waals surface area (Å²) >= 11 is 1.43. The van der Waals surface area contributed by atoms with Crippen molar-refractivity contribution in [3.8, 4) is 11.4 Å². The highest BCUT2D eigenvalue weighted by Crippen LogP contribution is 2.27. The first-order chi connectivity index (χ1) is 12.7. The van der Waals surface area contributed by atoms with Crippen LogP contribution in [0.3, 0.4) is 0 Å². The molecular formula is C19H21N5OS. The average Bonchev–Trinajstić information content (AvgIpc) is 3.06. The lowest BCUT2D eigenvalue weighted by molar-refractivity contribution is -0.120. The zero-order chi connectivity index (χ0) is 18.4. The molecule has 0 radical (unpaired) electrons. The molecule has 0 saturated carbocycles. The Labute approximate surface area is 157 Å². The van der Waals surface area contributed by atoms with E-state index >= 15 is 0 Å². The van der Waals surface area contributed by atoms with Crippen molar-refractivity contribution in [2.75, 3.05) is 0 Å². The fourth-order valence-corrected chi connectivity index (χ4v) is 3.46. The second-order valence-electron chi connectivity index (χ2n) is 5.83. The monoisotopic (exact) mass is 367 g/mol. The fourth-order valence-electron chi connectivity index (χ4n) is 2.51. The van der Waals surface area contributed by atoms with Gasteiger partial charge in [0, 0.05) is 31.5 Å². The van der Waals surface area contributed by atoms with Crippen molar-refractivity contribution >= 4 is 17.7 Å². The number of carbonyl (C=O) groups is 1. The van der Waals surface area contributed by atoms with Gasteiger partial charge in [0.25, 0.3) is 0 Å². The van der Waals surface area contributed by atoms with E-state index in [0.29, 0.717) is 18.1 Å². The van der Waals surface area contributed by atoms with Crippen LogP contribution in [0.1, 0.15) is 18.9 Å². The molecule has 3 aromatic rings. The smallest absolute Gasteiger partial charge is 0.233 e. The normalized spacial score (nSPS) is 11.9. The molecule has 0 aliphatic heterocycles. The van der Waals surface area contributed by atoms with E-state index in [-0.39, 0.29) is 11.2 Å². The van der Waals surface area contributed by atoms with Gasteiger partial charge in [-0.1, -0.05) is 49.0 Å². The molecule has 0 spiro atoms. The minimum absolute atomic E-state index is 0.00674. The zero-order valence-corrected chi connectivity index (χ0v) is 15.6. The van der Waals surface area contributed by atoms with Gasteiger partial charge in [-0.3, -0.25) is 9.78 Å². The van der Waals surface area contributed by atoms with Gasteiger partial charge in [0.1, 0.15) is 0 Å². The quantitative estimate of drug-likeness (QED) is 0.650. The predicted octanol–water partition coefficient (Wildman–Crippen LogP) is 3.06. The Hall–Kier alpha value is -2.67. The summed E-state index contributed by atoms with van der Waals surface area (Å²) in [5.41, 5.74) is 1.98. The minimum atomic E-state index is -0.219. The van der Waals surface area contributed by atoms with Gasteiger partial charge in [-0.05, 0) is 24.1 Å². The number of thioether (sulfide) groups is 1. The van der Waals surface area contributed by atoms with Crippen LogP contribution in [0, 0.1) is 0 Å². The van der Waals surface area contributed by atoms with Gasteiger partial charge in [0.05, 0.1) is 5.25 Å². The van der Waals surface area contributed by atoms with Crippen molar-refractivity contribution < 1.29 is 4.79 Å². The lowest BCUT2D eigenvalue weighted by Crippen LogP contribution is -2.32. The van der Waals surface area contributed by atoms with Crippen molar-refractivity contribution in [3.63, 3.8) is 0 Å². The van der Waals surface area contributed by atoms with Crippen LogP contribution in [0.2, 0.25) is 0 Å². The largest absolute Gasteiger partial charge is 0.351 e.